The van der Waals surface area contributed by atoms with Gasteiger partial charge < -0.3 is 24.4 Å². The third-order valence-corrected chi connectivity index (χ3v) is 6.32. The summed E-state index contributed by atoms with van der Waals surface area (Å²) < 4.78 is 17.3. The van der Waals surface area contributed by atoms with E-state index in [1.165, 1.54) is 0 Å². The molecule has 0 amide bonds. The summed E-state index contributed by atoms with van der Waals surface area (Å²) in [5.41, 5.74) is 1.51. The van der Waals surface area contributed by atoms with Gasteiger partial charge in [-0.3, -0.25) is 0 Å². The van der Waals surface area contributed by atoms with Gasteiger partial charge in [0.2, 0.25) is 0 Å². The molecule has 0 saturated heterocycles. The molecule has 6 atom stereocenters. The van der Waals surface area contributed by atoms with Crippen molar-refractivity contribution in [3.8, 4) is 0 Å². The predicted octanol–water partition coefficient (Wildman–Crippen LogP) is 4.40. The van der Waals surface area contributed by atoms with Crippen LogP contribution in [0.25, 0.3) is 0 Å². The summed E-state index contributed by atoms with van der Waals surface area (Å²) in [4.78, 5) is 0. The van der Waals surface area contributed by atoms with E-state index < -0.39 is 24.8 Å². The summed E-state index contributed by atoms with van der Waals surface area (Å²) >= 11 is 7.04. The molecule has 0 heterocycles. The van der Waals surface area contributed by atoms with E-state index in [4.69, 9.17) is 14.2 Å². The molecule has 2 N–H and O–H groups in total. The highest BCUT2D eigenvalue weighted by atomic mass is 79.9. The summed E-state index contributed by atoms with van der Waals surface area (Å²) in [6, 6.07) is 0. The number of hydrogen-bond acceptors (Lipinski definition) is 5. The van der Waals surface area contributed by atoms with Crippen LogP contribution in [0.5, 0.6) is 0 Å². The zero-order valence-corrected chi connectivity index (χ0v) is 20.2. The van der Waals surface area contributed by atoms with Gasteiger partial charge >= 0.3 is 0 Å². The number of rotatable bonds is 16. The molecule has 160 valence electrons. The van der Waals surface area contributed by atoms with Crippen molar-refractivity contribution in [2.75, 3.05) is 24.9 Å². The van der Waals surface area contributed by atoms with Crippen LogP contribution in [0, 0.1) is 11.8 Å². The smallest absolute Gasteiger partial charge is 0.163 e. The molecule has 7 heteroatoms. The summed E-state index contributed by atoms with van der Waals surface area (Å²) in [6.45, 7) is 11.2. The Morgan fingerprint density at radius 1 is 0.778 bits per heavy atom. The second kappa shape index (κ2) is 15.1. The van der Waals surface area contributed by atoms with Gasteiger partial charge in [0.25, 0.3) is 0 Å². The molecule has 0 radical (unpaired) electrons. The average Bonchev–Trinajstić information content (AvgIpc) is 2.65. The van der Waals surface area contributed by atoms with E-state index in [-0.39, 0.29) is 11.8 Å². The predicted molar refractivity (Wildman–Crippen MR) is 117 cm³/mol. The van der Waals surface area contributed by atoms with Crippen LogP contribution in [0.1, 0.15) is 39.5 Å². The first-order valence-corrected chi connectivity index (χ1v) is 11.5. The normalized spacial score (nSPS) is 18.4. The van der Waals surface area contributed by atoms with Gasteiger partial charge in [-0.15, -0.1) is 0 Å². The van der Waals surface area contributed by atoms with Crippen molar-refractivity contribution >= 4 is 31.9 Å². The Bertz CT molecular complexity index is 395. The van der Waals surface area contributed by atoms with E-state index in [2.05, 4.69) is 45.0 Å². The first kappa shape index (κ1) is 27.2. The maximum Gasteiger partial charge on any atom is 0.163 e. The minimum Gasteiger partial charge on any atom is -0.389 e. The standard InChI is InChI=1S/C20H36Br2O5/c1-13(2)17(23)9-7-15(11-21)19(25-5)27-20(26-6)16(12-22)8-10-18(24)14(3)4/h15-20,23-24H,1,3,7-12H2,2,4-6H3. The monoisotopic (exact) mass is 514 g/mol. The lowest BCUT2D eigenvalue weighted by molar-refractivity contribution is -0.260. The van der Waals surface area contributed by atoms with Crippen LogP contribution in [0.3, 0.4) is 0 Å². The second-order valence-corrected chi connectivity index (χ2v) is 8.35. The number of alkyl halides is 2. The molecule has 0 spiro atoms. The van der Waals surface area contributed by atoms with Crippen molar-refractivity contribution in [3.05, 3.63) is 24.3 Å². The molecule has 0 bridgehead atoms. The molecular weight excluding hydrogens is 480 g/mol. The first-order valence-electron chi connectivity index (χ1n) is 9.21. The lowest BCUT2D eigenvalue weighted by atomic mass is 9.98. The Hall–Kier alpha value is 0.240. The molecule has 0 saturated carbocycles. The van der Waals surface area contributed by atoms with Crippen LogP contribution in [0.2, 0.25) is 0 Å². The summed E-state index contributed by atoms with van der Waals surface area (Å²) in [5.74, 6) is 0.109. The fourth-order valence-electron chi connectivity index (χ4n) is 2.66. The van der Waals surface area contributed by atoms with Gasteiger partial charge in [-0.25, -0.2) is 0 Å². The average molecular weight is 516 g/mol. The van der Waals surface area contributed by atoms with Crippen molar-refractivity contribution in [3.63, 3.8) is 0 Å². The van der Waals surface area contributed by atoms with Crippen LogP contribution in [0.15, 0.2) is 24.3 Å². The molecule has 0 aromatic carbocycles. The van der Waals surface area contributed by atoms with E-state index in [0.29, 0.717) is 23.5 Å². The zero-order valence-electron chi connectivity index (χ0n) is 17.0. The van der Waals surface area contributed by atoms with E-state index in [1.807, 2.05) is 13.8 Å². The van der Waals surface area contributed by atoms with Crippen molar-refractivity contribution in [1.29, 1.82) is 0 Å². The largest absolute Gasteiger partial charge is 0.389 e. The molecular formula is C20H36Br2O5. The van der Waals surface area contributed by atoms with Crippen LogP contribution in [0.4, 0.5) is 0 Å². The van der Waals surface area contributed by atoms with Gasteiger partial charge in [0.15, 0.2) is 12.6 Å². The minimum absolute atomic E-state index is 0.0543. The number of aliphatic hydroxyl groups is 2. The fraction of sp³-hybridized carbons (Fsp3) is 0.800. The maximum absolute atomic E-state index is 9.99. The molecule has 0 aromatic rings. The Morgan fingerprint density at radius 3 is 1.33 bits per heavy atom. The Labute approximate surface area is 181 Å². The Morgan fingerprint density at radius 2 is 1.11 bits per heavy atom. The Balaban J connectivity index is 4.89. The fourth-order valence-corrected chi connectivity index (χ4v) is 3.92. The van der Waals surface area contributed by atoms with Crippen LogP contribution >= 0.6 is 31.9 Å². The third-order valence-electron chi connectivity index (χ3n) is 4.66. The van der Waals surface area contributed by atoms with Crippen LogP contribution in [-0.2, 0) is 14.2 Å². The highest BCUT2D eigenvalue weighted by molar-refractivity contribution is 9.09. The lowest BCUT2D eigenvalue weighted by Gasteiger charge is -2.32. The van der Waals surface area contributed by atoms with Gasteiger partial charge in [-0.1, -0.05) is 56.2 Å². The maximum atomic E-state index is 9.99. The number of methoxy groups -OCH3 is 2. The third kappa shape index (κ3) is 10.5. The molecule has 0 rings (SSSR count). The van der Waals surface area contributed by atoms with E-state index in [9.17, 15) is 10.2 Å². The second-order valence-electron chi connectivity index (χ2n) is 7.05. The van der Waals surface area contributed by atoms with Crippen LogP contribution in [-0.4, -0.2) is 59.9 Å². The number of ether oxygens (including phenoxy) is 3. The first-order chi connectivity index (χ1) is 12.7. The zero-order chi connectivity index (χ0) is 21.0. The molecule has 5 nitrogen and oxygen atoms in total. The molecule has 0 fully saturated rings. The van der Waals surface area contributed by atoms with Gasteiger partial charge in [0.05, 0.1) is 12.2 Å². The van der Waals surface area contributed by atoms with E-state index >= 15 is 0 Å². The Kier molecular flexibility index (Phi) is 15.3. The SMILES string of the molecule is C=C(C)C(O)CCC(CBr)C(OC)OC(OC)C(CBr)CCC(O)C(=C)C. The van der Waals surface area contributed by atoms with Gasteiger partial charge in [0, 0.05) is 36.7 Å². The molecule has 27 heavy (non-hydrogen) atoms. The summed E-state index contributed by atoms with van der Waals surface area (Å²) in [7, 11) is 3.21. The van der Waals surface area contributed by atoms with Gasteiger partial charge in [0.1, 0.15) is 0 Å². The van der Waals surface area contributed by atoms with Gasteiger partial charge in [-0.2, -0.15) is 0 Å². The number of hydrogen-bond donors (Lipinski definition) is 2. The molecule has 0 aromatic heterocycles. The highest BCUT2D eigenvalue weighted by Gasteiger charge is 2.30. The van der Waals surface area contributed by atoms with Crippen molar-refractivity contribution in [2.45, 2.75) is 64.3 Å². The summed E-state index contributed by atoms with van der Waals surface area (Å²) in [6.07, 6.45) is 0.641. The van der Waals surface area contributed by atoms with E-state index in [0.717, 1.165) is 24.0 Å². The molecule has 0 aliphatic rings. The number of aliphatic hydroxyl groups excluding tert-OH is 2. The van der Waals surface area contributed by atoms with Crippen LogP contribution < -0.4 is 0 Å². The molecule has 0 aliphatic carbocycles. The number of halogens is 2. The van der Waals surface area contributed by atoms with Crippen molar-refractivity contribution in [2.24, 2.45) is 11.8 Å². The minimum atomic E-state index is -0.527. The molecule has 6 unspecified atom stereocenters. The topological polar surface area (TPSA) is 68.2 Å². The lowest BCUT2D eigenvalue weighted by Crippen LogP contribution is -2.37. The highest BCUT2D eigenvalue weighted by Crippen LogP contribution is 2.26. The molecule has 0 aliphatic heterocycles. The summed E-state index contributed by atoms with van der Waals surface area (Å²) in [5, 5.41) is 21.3. The van der Waals surface area contributed by atoms with Crippen molar-refractivity contribution < 1.29 is 24.4 Å². The van der Waals surface area contributed by atoms with Crippen molar-refractivity contribution in [1.82, 2.24) is 0 Å². The van der Waals surface area contributed by atoms with E-state index in [1.54, 1.807) is 14.2 Å². The van der Waals surface area contributed by atoms with Gasteiger partial charge in [-0.05, 0) is 39.5 Å². The quantitative estimate of drug-likeness (QED) is 0.181.